The van der Waals surface area contributed by atoms with Crippen molar-refractivity contribution in [2.75, 3.05) is 52.7 Å². The summed E-state index contributed by atoms with van der Waals surface area (Å²) in [5.41, 5.74) is 1.50. The first-order valence-electron chi connectivity index (χ1n) is 13.7. The molecule has 3 atom stereocenters. The summed E-state index contributed by atoms with van der Waals surface area (Å²) in [6, 6.07) is 14.1. The van der Waals surface area contributed by atoms with Crippen molar-refractivity contribution in [1.82, 2.24) is 5.32 Å². The van der Waals surface area contributed by atoms with Gasteiger partial charge >= 0.3 is 24.0 Å². The summed E-state index contributed by atoms with van der Waals surface area (Å²) in [5, 5.41) is 2.58. The van der Waals surface area contributed by atoms with Crippen LogP contribution in [0, 0.1) is 5.92 Å². The summed E-state index contributed by atoms with van der Waals surface area (Å²) < 4.78 is 38.4. The third-order valence-electron chi connectivity index (χ3n) is 6.84. The summed E-state index contributed by atoms with van der Waals surface area (Å²) in [5.74, 6) is -3.50. The van der Waals surface area contributed by atoms with E-state index >= 15 is 0 Å². The van der Waals surface area contributed by atoms with Crippen LogP contribution in [0.25, 0.3) is 0 Å². The van der Waals surface area contributed by atoms with Crippen molar-refractivity contribution in [3.63, 3.8) is 0 Å². The number of esters is 3. The van der Waals surface area contributed by atoms with Gasteiger partial charge in [0.2, 0.25) is 7.37 Å². The highest BCUT2D eigenvalue weighted by Crippen LogP contribution is 2.49. The molecule has 240 valence electrons. The maximum absolute atomic E-state index is 13.5. The maximum atomic E-state index is 13.5. The molecule has 0 aromatic heterocycles. The second-order valence-electron chi connectivity index (χ2n) is 9.72. The van der Waals surface area contributed by atoms with Crippen molar-refractivity contribution in [3.05, 3.63) is 65.7 Å². The molecule has 0 spiro atoms. The van der Waals surface area contributed by atoms with E-state index in [0.29, 0.717) is 5.69 Å². The predicted octanol–water partition coefficient (Wildman–Crippen LogP) is 3.79. The Kier molecular flexibility index (Phi) is 14.5. The second kappa shape index (κ2) is 17.8. The van der Waals surface area contributed by atoms with Gasteiger partial charge in [-0.25, -0.2) is 9.59 Å². The number of hydrogen-bond acceptors (Lipinski definition) is 11. The van der Waals surface area contributed by atoms with Crippen LogP contribution in [-0.2, 0) is 49.0 Å². The smallest absolute Gasteiger partial charge is 0.414 e. The lowest BCUT2D eigenvalue weighted by Gasteiger charge is -2.23. The molecule has 2 unspecified atom stereocenters. The Labute approximate surface area is 256 Å². The van der Waals surface area contributed by atoms with E-state index < -0.39 is 49.2 Å². The van der Waals surface area contributed by atoms with Crippen LogP contribution in [-0.4, -0.2) is 83.8 Å². The Morgan fingerprint density at radius 3 is 2.05 bits per heavy atom. The van der Waals surface area contributed by atoms with Gasteiger partial charge in [0.15, 0.2) is 0 Å². The van der Waals surface area contributed by atoms with Gasteiger partial charge < -0.3 is 28.8 Å². The number of hydrogen-bond donors (Lipinski definition) is 1. The maximum Gasteiger partial charge on any atom is 0.414 e. The number of carbonyl (C=O) groups is 5. The Morgan fingerprint density at radius 2 is 1.48 bits per heavy atom. The number of nitrogens with one attached hydrogen (secondary N) is 1. The van der Waals surface area contributed by atoms with Gasteiger partial charge in [0.1, 0.15) is 12.6 Å². The first-order chi connectivity index (χ1) is 21.0. The monoisotopic (exact) mass is 634 g/mol. The minimum Gasteiger partial charge on any atom is -0.469 e. The SMILES string of the molecule is COC(=O)CCC(CP(=O)(CC[C@H](NC(=O)c1ccc(N(C)C(=O)OCc2ccccc2)cc1)C(=O)OC)OC)C(=O)OC. The first-order valence-corrected chi connectivity index (χ1v) is 15.7. The largest absolute Gasteiger partial charge is 0.469 e. The van der Waals surface area contributed by atoms with Gasteiger partial charge in [0.25, 0.3) is 5.91 Å². The molecule has 13 nitrogen and oxygen atoms in total. The number of ether oxygens (including phenoxy) is 4. The Morgan fingerprint density at radius 1 is 0.841 bits per heavy atom. The normalized spacial score (nSPS) is 13.4. The first kappa shape index (κ1) is 36.0. The van der Waals surface area contributed by atoms with Gasteiger partial charge in [-0.2, -0.15) is 0 Å². The van der Waals surface area contributed by atoms with Gasteiger partial charge in [-0.05, 0) is 42.7 Å². The zero-order valence-electron chi connectivity index (χ0n) is 25.5. The van der Waals surface area contributed by atoms with Crippen LogP contribution in [0.1, 0.15) is 35.2 Å². The molecule has 0 saturated carbocycles. The number of nitrogens with zero attached hydrogens (tertiary/aromatic N) is 1. The highest BCUT2D eigenvalue weighted by Gasteiger charge is 2.34. The van der Waals surface area contributed by atoms with Crippen LogP contribution in [0.5, 0.6) is 0 Å². The van der Waals surface area contributed by atoms with Crippen LogP contribution in [0.3, 0.4) is 0 Å². The number of rotatable bonds is 16. The van der Waals surface area contributed by atoms with Crippen LogP contribution in [0.15, 0.2) is 54.6 Å². The van der Waals surface area contributed by atoms with Crippen LogP contribution in [0.4, 0.5) is 10.5 Å². The summed E-state index contributed by atoms with van der Waals surface area (Å²) >= 11 is 0. The highest BCUT2D eigenvalue weighted by atomic mass is 31.2. The summed E-state index contributed by atoms with van der Waals surface area (Å²) in [6.07, 6.45) is -1.19. The van der Waals surface area contributed by atoms with E-state index in [-0.39, 0.29) is 43.8 Å². The Hall–Kier alpha value is -4.22. The molecule has 0 heterocycles. The van der Waals surface area contributed by atoms with Crippen molar-refractivity contribution >= 4 is 43.0 Å². The molecule has 1 N–H and O–H groups in total. The van der Waals surface area contributed by atoms with Crippen LogP contribution >= 0.6 is 7.37 Å². The van der Waals surface area contributed by atoms with E-state index in [1.54, 1.807) is 12.1 Å². The number of benzene rings is 2. The van der Waals surface area contributed by atoms with E-state index in [0.717, 1.165) is 12.7 Å². The van der Waals surface area contributed by atoms with Crippen molar-refractivity contribution in [1.29, 1.82) is 0 Å². The average Bonchev–Trinajstić information content (AvgIpc) is 3.06. The third-order valence-corrected chi connectivity index (χ3v) is 9.44. The molecule has 2 aromatic rings. The van der Waals surface area contributed by atoms with Crippen molar-refractivity contribution in [3.8, 4) is 0 Å². The lowest BCUT2D eigenvalue weighted by molar-refractivity contribution is -0.146. The van der Waals surface area contributed by atoms with Crippen LogP contribution < -0.4 is 10.2 Å². The fourth-order valence-corrected chi connectivity index (χ4v) is 6.32. The minimum absolute atomic E-state index is 0.0276. The van der Waals surface area contributed by atoms with Crippen LogP contribution in [0.2, 0.25) is 0 Å². The molecule has 2 aromatic carbocycles. The Bertz CT molecular complexity index is 1320. The molecule has 0 aliphatic heterocycles. The molecule has 0 fully saturated rings. The average molecular weight is 635 g/mol. The van der Waals surface area contributed by atoms with Gasteiger partial charge in [-0.1, -0.05) is 30.3 Å². The Balaban J connectivity index is 2.05. The van der Waals surface area contributed by atoms with E-state index in [1.165, 1.54) is 45.4 Å². The molecule has 0 aliphatic carbocycles. The van der Waals surface area contributed by atoms with E-state index in [1.807, 2.05) is 30.3 Å². The molecule has 44 heavy (non-hydrogen) atoms. The predicted molar refractivity (Wildman–Crippen MR) is 160 cm³/mol. The quantitative estimate of drug-likeness (QED) is 0.162. The molecule has 0 bridgehead atoms. The summed E-state index contributed by atoms with van der Waals surface area (Å²) in [7, 11) is 2.77. The number of anilines is 1. The number of methoxy groups -OCH3 is 3. The van der Waals surface area contributed by atoms with E-state index in [4.69, 9.17) is 18.7 Å². The lowest BCUT2D eigenvalue weighted by Crippen LogP contribution is -2.42. The second-order valence-corrected chi connectivity index (χ2v) is 12.5. The fraction of sp³-hybridized carbons (Fsp3) is 0.433. The topological polar surface area (TPSA) is 164 Å². The number of carbonyl (C=O) groups excluding carboxylic acids is 5. The van der Waals surface area contributed by atoms with E-state index in [2.05, 4.69) is 10.1 Å². The van der Waals surface area contributed by atoms with Crippen molar-refractivity contribution < 1.29 is 52.0 Å². The molecule has 2 amide bonds. The molecule has 0 radical (unpaired) electrons. The lowest BCUT2D eigenvalue weighted by atomic mass is 10.1. The molecule has 0 saturated heterocycles. The van der Waals surface area contributed by atoms with Gasteiger partial charge in [0.05, 0.1) is 27.2 Å². The molecular formula is C30H39N2O11P. The number of amides is 2. The van der Waals surface area contributed by atoms with E-state index in [9.17, 15) is 28.5 Å². The minimum atomic E-state index is -3.53. The van der Waals surface area contributed by atoms with Gasteiger partial charge in [-0.3, -0.25) is 23.8 Å². The fourth-order valence-electron chi connectivity index (χ4n) is 4.15. The molecule has 14 heteroatoms. The third kappa shape index (κ3) is 11.1. The summed E-state index contributed by atoms with van der Waals surface area (Å²) in [4.78, 5) is 63.1. The van der Waals surface area contributed by atoms with Gasteiger partial charge in [-0.15, -0.1) is 0 Å². The highest BCUT2D eigenvalue weighted by molar-refractivity contribution is 7.59. The summed E-state index contributed by atoms with van der Waals surface area (Å²) in [6.45, 7) is 0.103. The standard InChI is InChI=1S/C30H39N2O11P/c1-32(30(37)43-19-21-9-7-6-8-10-21)24-14-11-22(12-15-24)27(34)31-25(29(36)41-4)17-18-44(38,42-5)20-23(28(35)40-3)13-16-26(33)39-2/h6-12,14-15,23,25H,13,16-20H2,1-5H3,(H,31,34)/t23?,25-,44?/m0/s1. The molecular weight excluding hydrogens is 595 g/mol. The molecule has 0 aliphatic rings. The van der Waals surface area contributed by atoms with Gasteiger partial charge in [0, 0.05) is 44.2 Å². The zero-order chi connectivity index (χ0) is 32.7. The molecule has 2 rings (SSSR count). The van der Waals surface area contributed by atoms with Crippen molar-refractivity contribution in [2.45, 2.75) is 31.9 Å². The zero-order valence-corrected chi connectivity index (χ0v) is 26.4. The van der Waals surface area contributed by atoms with Crippen molar-refractivity contribution in [2.24, 2.45) is 5.92 Å².